The molecule has 8 heteroatoms. The van der Waals surface area contributed by atoms with E-state index >= 15 is 0 Å². The van der Waals surface area contributed by atoms with Gasteiger partial charge >= 0.3 is 6.18 Å². The molecular formula is C13H21F3N4O. The first-order valence-corrected chi connectivity index (χ1v) is 7.33. The molecule has 21 heavy (non-hydrogen) atoms. The molecule has 0 aromatic carbocycles. The molecule has 0 amide bonds. The predicted octanol–water partition coefficient (Wildman–Crippen LogP) is 2.31. The summed E-state index contributed by atoms with van der Waals surface area (Å²) in [5, 5.41) is 7.17. The van der Waals surface area contributed by atoms with Crippen molar-refractivity contribution in [3.63, 3.8) is 0 Å². The van der Waals surface area contributed by atoms with Gasteiger partial charge < -0.3 is 9.84 Å². The average molecular weight is 306 g/mol. The Bertz CT molecular complexity index is 429. The van der Waals surface area contributed by atoms with Gasteiger partial charge in [0.05, 0.1) is 12.5 Å². The lowest BCUT2D eigenvalue weighted by atomic mass is 10.1. The van der Waals surface area contributed by atoms with Gasteiger partial charge in [-0.05, 0) is 6.42 Å². The number of rotatable bonds is 6. The minimum atomic E-state index is -4.20. The number of aromatic nitrogens is 2. The quantitative estimate of drug-likeness (QED) is 0.874. The van der Waals surface area contributed by atoms with E-state index in [0.29, 0.717) is 5.82 Å². The van der Waals surface area contributed by atoms with Gasteiger partial charge in [-0.2, -0.15) is 18.2 Å². The van der Waals surface area contributed by atoms with E-state index in [1.54, 1.807) is 0 Å². The van der Waals surface area contributed by atoms with Crippen LogP contribution in [0.25, 0.3) is 0 Å². The monoisotopic (exact) mass is 306 g/mol. The highest BCUT2D eigenvalue weighted by atomic mass is 19.4. The Morgan fingerprint density at radius 3 is 2.67 bits per heavy atom. The minimum Gasteiger partial charge on any atom is -0.339 e. The van der Waals surface area contributed by atoms with Crippen molar-refractivity contribution in [3.05, 3.63) is 11.7 Å². The Morgan fingerprint density at radius 2 is 2.05 bits per heavy atom. The average Bonchev–Trinajstić information content (AvgIpc) is 2.91. The van der Waals surface area contributed by atoms with Crippen LogP contribution in [0.1, 0.15) is 43.9 Å². The molecule has 0 spiro atoms. The van der Waals surface area contributed by atoms with Gasteiger partial charge in [-0.25, -0.2) is 0 Å². The van der Waals surface area contributed by atoms with Gasteiger partial charge in [-0.1, -0.05) is 18.5 Å². The lowest BCUT2D eigenvalue weighted by Crippen LogP contribution is -2.45. The largest absolute Gasteiger partial charge is 0.389 e. The molecule has 1 aromatic rings. The Kier molecular flexibility index (Phi) is 5.58. The molecule has 1 aliphatic rings. The Morgan fingerprint density at radius 1 is 1.33 bits per heavy atom. The van der Waals surface area contributed by atoms with Crippen molar-refractivity contribution in [2.45, 2.75) is 44.8 Å². The third-order valence-corrected chi connectivity index (χ3v) is 3.56. The first-order valence-electron chi connectivity index (χ1n) is 7.33. The van der Waals surface area contributed by atoms with Crippen LogP contribution >= 0.6 is 0 Å². The van der Waals surface area contributed by atoms with Gasteiger partial charge in [0.25, 0.3) is 0 Å². The lowest BCUT2D eigenvalue weighted by Gasteiger charge is -2.33. The zero-order valence-electron chi connectivity index (χ0n) is 12.1. The lowest BCUT2D eigenvalue weighted by molar-refractivity contribution is -0.134. The van der Waals surface area contributed by atoms with Crippen molar-refractivity contribution in [2.24, 2.45) is 0 Å². The zero-order chi connectivity index (χ0) is 15.3. The van der Waals surface area contributed by atoms with E-state index in [1.165, 1.54) is 0 Å². The fourth-order valence-corrected chi connectivity index (χ4v) is 2.50. The van der Waals surface area contributed by atoms with Crippen LogP contribution in [0, 0.1) is 0 Å². The van der Waals surface area contributed by atoms with Crippen LogP contribution in [0.15, 0.2) is 4.52 Å². The SMILES string of the molecule is CCCC(c1noc(CCC(F)(F)F)n1)N1CCNCC1. The standard InChI is InChI=1S/C13H21F3N4O/c1-2-3-10(20-8-6-17-7-9-20)12-18-11(21-19-12)4-5-13(14,15)16/h10,17H,2-9H2,1H3. The van der Waals surface area contributed by atoms with E-state index in [-0.39, 0.29) is 18.4 Å². The summed E-state index contributed by atoms with van der Waals surface area (Å²) in [7, 11) is 0. The molecule has 1 fully saturated rings. The molecule has 1 saturated heterocycles. The molecule has 1 N–H and O–H groups in total. The first-order chi connectivity index (χ1) is 9.99. The number of alkyl halides is 3. The molecule has 1 unspecified atom stereocenters. The fraction of sp³-hybridized carbons (Fsp3) is 0.846. The molecule has 1 aromatic heterocycles. The van der Waals surface area contributed by atoms with E-state index in [1.807, 2.05) is 0 Å². The predicted molar refractivity (Wildman–Crippen MR) is 70.8 cm³/mol. The first kappa shape index (κ1) is 16.2. The van der Waals surface area contributed by atoms with Crippen molar-refractivity contribution in [1.29, 1.82) is 0 Å². The molecule has 120 valence electrons. The van der Waals surface area contributed by atoms with Crippen LogP contribution in [0.3, 0.4) is 0 Å². The second-order valence-corrected chi connectivity index (χ2v) is 5.25. The van der Waals surface area contributed by atoms with Crippen molar-refractivity contribution in [2.75, 3.05) is 26.2 Å². The number of hydrogen-bond donors (Lipinski definition) is 1. The Balaban J connectivity index is 2.01. The number of nitrogens with zero attached hydrogens (tertiary/aromatic N) is 3. The third-order valence-electron chi connectivity index (χ3n) is 3.56. The van der Waals surface area contributed by atoms with Crippen molar-refractivity contribution in [1.82, 2.24) is 20.4 Å². The van der Waals surface area contributed by atoms with Gasteiger partial charge in [0.2, 0.25) is 5.89 Å². The normalized spacial score (nSPS) is 18.9. The van der Waals surface area contributed by atoms with Crippen LogP contribution < -0.4 is 5.32 Å². The highest BCUT2D eigenvalue weighted by molar-refractivity contribution is 4.96. The molecule has 0 bridgehead atoms. The summed E-state index contributed by atoms with van der Waals surface area (Å²) in [4.78, 5) is 6.43. The molecule has 5 nitrogen and oxygen atoms in total. The molecule has 2 heterocycles. The molecule has 1 aliphatic heterocycles. The van der Waals surface area contributed by atoms with Gasteiger partial charge in [0, 0.05) is 32.6 Å². The van der Waals surface area contributed by atoms with Crippen LogP contribution in [0.2, 0.25) is 0 Å². The number of aryl methyl sites for hydroxylation is 1. The van der Waals surface area contributed by atoms with Crippen LogP contribution in [-0.2, 0) is 6.42 Å². The van der Waals surface area contributed by atoms with Crippen LogP contribution in [0.5, 0.6) is 0 Å². The topological polar surface area (TPSA) is 54.2 Å². The van der Waals surface area contributed by atoms with Gasteiger partial charge in [0.15, 0.2) is 5.82 Å². The van der Waals surface area contributed by atoms with E-state index in [2.05, 4.69) is 27.3 Å². The van der Waals surface area contributed by atoms with E-state index in [4.69, 9.17) is 4.52 Å². The molecular weight excluding hydrogens is 285 g/mol. The zero-order valence-corrected chi connectivity index (χ0v) is 12.1. The number of halogens is 3. The van der Waals surface area contributed by atoms with Crippen LogP contribution in [0.4, 0.5) is 13.2 Å². The molecule has 0 saturated carbocycles. The second-order valence-electron chi connectivity index (χ2n) is 5.25. The van der Waals surface area contributed by atoms with Gasteiger partial charge in [-0.15, -0.1) is 0 Å². The molecule has 0 radical (unpaired) electrons. The number of nitrogens with one attached hydrogen (secondary N) is 1. The number of piperazine rings is 1. The van der Waals surface area contributed by atoms with E-state index < -0.39 is 12.6 Å². The van der Waals surface area contributed by atoms with Crippen molar-refractivity contribution >= 4 is 0 Å². The molecule has 0 aliphatic carbocycles. The number of hydrogen-bond acceptors (Lipinski definition) is 5. The maximum absolute atomic E-state index is 12.2. The minimum absolute atomic E-state index is 0.0282. The third kappa shape index (κ3) is 4.96. The summed E-state index contributed by atoms with van der Waals surface area (Å²) >= 11 is 0. The summed E-state index contributed by atoms with van der Waals surface area (Å²) in [5.74, 6) is 0.578. The summed E-state index contributed by atoms with van der Waals surface area (Å²) in [6.07, 6.45) is -3.55. The van der Waals surface area contributed by atoms with Crippen LogP contribution in [-0.4, -0.2) is 47.4 Å². The summed E-state index contributed by atoms with van der Waals surface area (Å²) in [6.45, 7) is 5.64. The summed E-state index contributed by atoms with van der Waals surface area (Å²) < 4.78 is 41.6. The highest BCUT2D eigenvalue weighted by Gasteiger charge is 2.29. The van der Waals surface area contributed by atoms with E-state index in [0.717, 1.165) is 39.0 Å². The summed E-state index contributed by atoms with van der Waals surface area (Å²) in [5.41, 5.74) is 0. The van der Waals surface area contributed by atoms with Crippen molar-refractivity contribution < 1.29 is 17.7 Å². The highest BCUT2D eigenvalue weighted by Crippen LogP contribution is 2.25. The maximum Gasteiger partial charge on any atom is 0.389 e. The van der Waals surface area contributed by atoms with Gasteiger partial charge in [0.1, 0.15) is 0 Å². The smallest absolute Gasteiger partial charge is 0.339 e. The Hall–Kier alpha value is -1.15. The van der Waals surface area contributed by atoms with E-state index in [9.17, 15) is 13.2 Å². The summed E-state index contributed by atoms with van der Waals surface area (Å²) in [6, 6.07) is 0.0282. The second kappa shape index (κ2) is 7.22. The van der Waals surface area contributed by atoms with Gasteiger partial charge in [-0.3, -0.25) is 4.90 Å². The fourth-order valence-electron chi connectivity index (χ4n) is 2.50. The maximum atomic E-state index is 12.2. The Labute approximate surface area is 121 Å². The van der Waals surface area contributed by atoms with Crippen molar-refractivity contribution in [3.8, 4) is 0 Å². The molecule has 2 rings (SSSR count). The molecule has 1 atom stereocenters.